The summed E-state index contributed by atoms with van der Waals surface area (Å²) in [6, 6.07) is 15.6. The highest BCUT2D eigenvalue weighted by Crippen LogP contribution is 2.14. The van der Waals surface area contributed by atoms with Crippen LogP contribution in [0.4, 0.5) is 0 Å². The third kappa shape index (κ3) is 5.01. The van der Waals surface area contributed by atoms with Gasteiger partial charge in [0, 0.05) is 30.1 Å². The molecule has 25 heavy (non-hydrogen) atoms. The Morgan fingerprint density at radius 3 is 2.00 bits per heavy atom. The summed E-state index contributed by atoms with van der Waals surface area (Å²) in [5.74, 6) is -0.688. The van der Waals surface area contributed by atoms with Gasteiger partial charge in [-0.05, 0) is 6.07 Å². The first-order valence-electron chi connectivity index (χ1n) is 8.25. The Kier molecular flexibility index (Phi) is 6.46. The fourth-order valence-corrected chi connectivity index (χ4v) is 2.29. The Balaban J connectivity index is 2.03. The summed E-state index contributed by atoms with van der Waals surface area (Å²) < 4.78 is 0. The topological polar surface area (TPSA) is 75.3 Å². The Bertz CT molecular complexity index is 755. The van der Waals surface area contributed by atoms with Crippen LogP contribution in [0, 0.1) is 5.92 Å². The smallest absolute Gasteiger partial charge is 0.252 e. The Morgan fingerprint density at radius 2 is 1.36 bits per heavy atom. The van der Waals surface area contributed by atoms with E-state index in [0.717, 1.165) is 0 Å². The standard InChI is InChI=1S/C20H22N2O3/c1-14(2)19(24)21-12-13-22-20(25)17-11-7-6-10-16(17)18(23)15-8-4-3-5-9-15/h3-11,14H,12-13H2,1-2H3,(H,21,24)(H,22,25). The summed E-state index contributed by atoms with van der Waals surface area (Å²) in [5, 5.41) is 5.47. The van der Waals surface area contributed by atoms with E-state index in [1.807, 2.05) is 6.07 Å². The van der Waals surface area contributed by atoms with Crippen LogP contribution in [0.3, 0.4) is 0 Å². The monoisotopic (exact) mass is 338 g/mol. The van der Waals surface area contributed by atoms with E-state index in [2.05, 4.69) is 10.6 Å². The summed E-state index contributed by atoms with van der Waals surface area (Å²) in [4.78, 5) is 36.5. The molecule has 2 aromatic rings. The number of rotatable bonds is 7. The van der Waals surface area contributed by atoms with Crippen molar-refractivity contribution in [2.75, 3.05) is 13.1 Å². The van der Waals surface area contributed by atoms with Crippen molar-refractivity contribution in [1.82, 2.24) is 10.6 Å². The largest absolute Gasteiger partial charge is 0.354 e. The van der Waals surface area contributed by atoms with E-state index in [-0.39, 0.29) is 23.5 Å². The molecule has 0 saturated heterocycles. The van der Waals surface area contributed by atoms with Gasteiger partial charge < -0.3 is 10.6 Å². The highest BCUT2D eigenvalue weighted by atomic mass is 16.2. The van der Waals surface area contributed by atoms with Crippen LogP contribution in [0.1, 0.15) is 40.1 Å². The van der Waals surface area contributed by atoms with E-state index in [0.29, 0.717) is 29.8 Å². The van der Waals surface area contributed by atoms with Crippen molar-refractivity contribution in [3.63, 3.8) is 0 Å². The maximum atomic E-state index is 12.6. The number of carbonyl (C=O) groups excluding carboxylic acids is 3. The molecule has 5 heteroatoms. The molecule has 0 saturated carbocycles. The highest BCUT2D eigenvalue weighted by molar-refractivity contribution is 6.15. The molecular formula is C20H22N2O3. The lowest BCUT2D eigenvalue weighted by molar-refractivity contribution is -0.123. The van der Waals surface area contributed by atoms with Crippen molar-refractivity contribution < 1.29 is 14.4 Å². The van der Waals surface area contributed by atoms with Crippen molar-refractivity contribution in [3.8, 4) is 0 Å². The Hall–Kier alpha value is -2.95. The van der Waals surface area contributed by atoms with Crippen LogP contribution in [0.25, 0.3) is 0 Å². The quantitative estimate of drug-likeness (QED) is 0.601. The summed E-state index contributed by atoms with van der Waals surface area (Å²) >= 11 is 0. The molecule has 0 bridgehead atoms. The summed E-state index contributed by atoms with van der Waals surface area (Å²) in [6.07, 6.45) is 0. The minimum Gasteiger partial charge on any atom is -0.354 e. The van der Waals surface area contributed by atoms with Gasteiger partial charge in [-0.25, -0.2) is 0 Å². The molecule has 5 nitrogen and oxygen atoms in total. The molecule has 0 unspecified atom stereocenters. The maximum absolute atomic E-state index is 12.6. The van der Waals surface area contributed by atoms with Crippen LogP contribution < -0.4 is 10.6 Å². The van der Waals surface area contributed by atoms with Gasteiger partial charge in [0.15, 0.2) is 5.78 Å². The number of ketones is 1. The molecule has 2 aromatic carbocycles. The lowest BCUT2D eigenvalue weighted by Gasteiger charge is -2.11. The lowest BCUT2D eigenvalue weighted by Crippen LogP contribution is -2.36. The summed E-state index contributed by atoms with van der Waals surface area (Å²) in [7, 11) is 0. The molecule has 0 aliphatic heterocycles. The number of nitrogens with one attached hydrogen (secondary N) is 2. The van der Waals surface area contributed by atoms with E-state index < -0.39 is 0 Å². The van der Waals surface area contributed by atoms with Crippen LogP contribution in [0.5, 0.6) is 0 Å². The minimum absolute atomic E-state index is 0.0612. The van der Waals surface area contributed by atoms with Gasteiger partial charge in [0.05, 0.1) is 5.56 Å². The van der Waals surface area contributed by atoms with Crippen molar-refractivity contribution in [3.05, 3.63) is 71.3 Å². The lowest BCUT2D eigenvalue weighted by atomic mass is 9.98. The second kappa shape index (κ2) is 8.78. The number of amides is 2. The molecule has 0 radical (unpaired) electrons. The SMILES string of the molecule is CC(C)C(=O)NCCNC(=O)c1ccccc1C(=O)c1ccccc1. The van der Waals surface area contributed by atoms with Gasteiger partial charge >= 0.3 is 0 Å². The van der Waals surface area contributed by atoms with E-state index >= 15 is 0 Å². The molecule has 0 fully saturated rings. The molecule has 0 aliphatic carbocycles. The van der Waals surface area contributed by atoms with Crippen LogP contribution in [-0.4, -0.2) is 30.7 Å². The zero-order valence-corrected chi connectivity index (χ0v) is 14.4. The van der Waals surface area contributed by atoms with Gasteiger partial charge in [-0.1, -0.05) is 62.4 Å². The van der Waals surface area contributed by atoms with Crippen molar-refractivity contribution >= 4 is 17.6 Å². The Labute approximate surface area is 147 Å². The van der Waals surface area contributed by atoms with E-state index in [1.165, 1.54) is 0 Å². The fraction of sp³-hybridized carbons (Fsp3) is 0.250. The molecular weight excluding hydrogens is 316 g/mol. The van der Waals surface area contributed by atoms with E-state index in [1.54, 1.807) is 62.4 Å². The summed E-state index contributed by atoms with van der Waals surface area (Å²) in [6.45, 7) is 4.25. The first-order valence-corrected chi connectivity index (χ1v) is 8.25. The van der Waals surface area contributed by atoms with Gasteiger partial charge in [-0.15, -0.1) is 0 Å². The third-order valence-electron chi connectivity index (χ3n) is 3.69. The number of carbonyl (C=O) groups is 3. The predicted octanol–water partition coefficient (Wildman–Crippen LogP) is 2.42. The highest BCUT2D eigenvalue weighted by Gasteiger charge is 2.17. The zero-order chi connectivity index (χ0) is 18.2. The molecule has 0 aromatic heterocycles. The van der Waals surface area contributed by atoms with Gasteiger partial charge in [0.1, 0.15) is 0 Å². The molecule has 0 aliphatic rings. The number of hydrogen-bond acceptors (Lipinski definition) is 3. The van der Waals surface area contributed by atoms with Gasteiger partial charge in [-0.3, -0.25) is 14.4 Å². The van der Waals surface area contributed by atoms with Gasteiger partial charge in [0.2, 0.25) is 5.91 Å². The van der Waals surface area contributed by atoms with Gasteiger partial charge in [0.25, 0.3) is 5.91 Å². The van der Waals surface area contributed by atoms with Crippen LogP contribution in [0.2, 0.25) is 0 Å². The number of hydrogen-bond donors (Lipinski definition) is 2. The second-order valence-electron chi connectivity index (χ2n) is 5.94. The molecule has 0 atom stereocenters. The molecule has 130 valence electrons. The molecule has 2 amide bonds. The molecule has 0 spiro atoms. The van der Waals surface area contributed by atoms with Crippen molar-refractivity contribution in [2.45, 2.75) is 13.8 Å². The third-order valence-corrected chi connectivity index (χ3v) is 3.69. The maximum Gasteiger partial charge on any atom is 0.252 e. The summed E-state index contributed by atoms with van der Waals surface area (Å²) in [5.41, 5.74) is 1.22. The van der Waals surface area contributed by atoms with Crippen molar-refractivity contribution in [2.24, 2.45) is 5.92 Å². The van der Waals surface area contributed by atoms with Crippen LogP contribution >= 0.6 is 0 Å². The van der Waals surface area contributed by atoms with E-state index in [4.69, 9.17) is 0 Å². The predicted molar refractivity (Wildman–Crippen MR) is 96.5 cm³/mol. The minimum atomic E-state index is -0.335. The van der Waals surface area contributed by atoms with Crippen molar-refractivity contribution in [1.29, 1.82) is 0 Å². The second-order valence-corrected chi connectivity index (χ2v) is 5.94. The van der Waals surface area contributed by atoms with Gasteiger partial charge in [-0.2, -0.15) is 0 Å². The van der Waals surface area contributed by atoms with Crippen LogP contribution in [0.15, 0.2) is 54.6 Å². The fourth-order valence-electron chi connectivity index (χ4n) is 2.29. The first kappa shape index (κ1) is 18.4. The average molecular weight is 338 g/mol. The molecule has 0 heterocycles. The normalized spacial score (nSPS) is 10.4. The van der Waals surface area contributed by atoms with Crippen LogP contribution in [-0.2, 0) is 4.79 Å². The zero-order valence-electron chi connectivity index (χ0n) is 14.4. The molecule has 2 rings (SSSR count). The Morgan fingerprint density at radius 1 is 0.800 bits per heavy atom. The molecule has 2 N–H and O–H groups in total. The number of benzene rings is 2. The average Bonchev–Trinajstić information content (AvgIpc) is 2.64. The first-order chi connectivity index (χ1) is 12.0. The van der Waals surface area contributed by atoms with E-state index in [9.17, 15) is 14.4 Å².